The minimum Gasteiger partial charge on any atom is -0.481 e. The summed E-state index contributed by atoms with van der Waals surface area (Å²) in [4.78, 5) is 2.33. The first-order valence-corrected chi connectivity index (χ1v) is 11.3. The second-order valence-corrected chi connectivity index (χ2v) is 9.00. The monoisotopic (exact) mass is 476 g/mol. The van der Waals surface area contributed by atoms with E-state index in [9.17, 15) is 0 Å². The maximum atomic E-state index is 15.2. The zero-order valence-corrected chi connectivity index (χ0v) is 19.3. The average molecular weight is 477 g/mol. The van der Waals surface area contributed by atoms with Crippen LogP contribution in [0, 0.1) is 19.7 Å². The molecule has 168 valence electrons. The van der Waals surface area contributed by atoms with Crippen molar-refractivity contribution in [1.29, 1.82) is 0 Å². The van der Waals surface area contributed by atoms with E-state index >= 15 is 4.39 Å². The van der Waals surface area contributed by atoms with Crippen LogP contribution in [0.2, 0.25) is 10.0 Å². The van der Waals surface area contributed by atoms with Crippen molar-refractivity contribution in [3.05, 3.63) is 69.0 Å². The highest BCUT2D eigenvalue weighted by Crippen LogP contribution is 2.43. The first-order valence-electron chi connectivity index (χ1n) is 10.6. The lowest BCUT2D eigenvalue weighted by molar-refractivity contribution is -0.0109. The molecule has 0 N–H and O–H groups in total. The molecule has 1 saturated heterocycles. The van der Waals surface area contributed by atoms with Gasteiger partial charge in [0.2, 0.25) is 0 Å². The van der Waals surface area contributed by atoms with Crippen molar-refractivity contribution in [2.24, 2.45) is 0 Å². The third kappa shape index (κ3) is 3.88. The molecule has 0 spiro atoms. The van der Waals surface area contributed by atoms with E-state index in [1.807, 2.05) is 26.0 Å². The molecule has 0 radical (unpaired) electrons. The Hall–Kier alpha value is -2.19. The molecule has 6 nitrogen and oxygen atoms in total. The van der Waals surface area contributed by atoms with Gasteiger partial charge in [-0.3, -0.25) is 9.47 Å². The van der Waals surface area contributed by atoms with Gasteiger partial charge >= 0.3 is 0 Å². The predicted octanol–water partition coefficient (Wildman–Crippen LogP) is 4.71. The number of hydrogen-bond donors (Lipinski definition) is 0. The van der Waals surface area contributed by atoms with Gasteiger partial charge in [0.25, 0.3) is 0 Å². The van der Waals surface area contributed by atoms with Gasteiger partial charge in [0.05, 0.1) is 24.9 Å². The third-order valence-corrected chi connectivity index (χ3v) is 6.75. The smallest absolute Gasteiger partial charge is 0.167 e. The van der Waals surface area contributed by atoms with Gasteiger partial charge in [0.1, 0.15) is 17.8 Å². The van der Waals surface area contributed by atoms with Crippen molar-refractivity contribution >= 4 is 23.2 Å². The number of hydrogen-bond acceptors (Lipinski definition) is 5. The lowest BCUT2D eigenvalue weighted by Gasteiger charge is -2.35. The molecule has 2 aliphatic rings. The van der Waals surface area contributed by atoms with Gasteiger partial charge in [-0.15, -0.1) is 10.2 Å². The van der Waals surface area contributed by atoms with Crippen LogP contribution in [0.15, 0.2) is 30.3 Å². The van der Waals surface area contributed by atoms with E-state index < -0.39 is 11.9 Å². The van der Waals surface area contributed by atoms with Crippen LogP contribution in [0.4, 0.5) is 4.39 Å². The highest BCUT2D eigenvalue weighted by atomic mass is 35.5. The molecule has 1 aliphatic carbocycles. The van der Waals surface area contributed by atoms with E-state index in [-0.39, 0.29) is 11.8 Å². The second-order valence-electron chi connectivity index (χ2n) is 8.16. The van der Waals surface area contributed by atoms with E-state index in [2.05, 4.69) is 15.1 Å². The van der Waals surface area contributed by atoms with Crippen LogP contribution in [0.5, 0.6) is 5.75 Å². The van der Waals surface area contributed by atoms with Gasteiger partial charge in [0, 0.05) is 34.8 Å². The van der Waals surface area contributed by atoms with Crippen LogP contribution in [0.25, 0.3) is 5.69 Å². The van der Waals surface area contributed by atoms with Gasteiger partial charge in [-0.05, 0) is 50.1 Å². The minimum atomic E-state index is -0.447. The van der Waals surface area contributed by atoms with Crippen molar-refractivity contribution in [3.8, 4) is 11.4 Å². The Morgan fingerprint density at radius 2 is 1.78 bits per heavy atom. The first kappa shape index (κ1) is 21.6. The molecule has 0 amide bonds. The molecule has 9 heteroatoms. The van der Waals surface area contributed by atoms with Crippen molar-refractivity contribution in [1.82, 2.24) is 19.7 Å². The fourth-order valence-corrected chi connectivity index (χ4v) is 5.28. The normalized spacial score (nSPS) is 21.0. The molecule has 5 rings (SSSR count). The Morgan fingerprint density at radius 1 is 1.06 bits per heavy atom. The Bertz CT molecular complexity index is 1140. The zero-order valence-electron chi connectivity index (χ0n) is 17.8. The van der Waals surface area contributed by atoms with Crippen LogP contribution >= 0.6 is 23.2 Å². The molecule has 3 aromatic rings. The summed E-state index contributed by atoms with van der Waals surface area (Å²) in [7, 11) is 0. The quantitative estimate of drug-likeness (QED) is 0.545. The van der Waals surface area contributed by atoms with Crippen molar-refractivity contribution in [2.45, 2.75) is 32.4 Å². The Balaban J connectivity index is 1.49. The molecule has 0 saturated carbocycles. The molecule has 0 bridgehead atoms. The van der Waals surface area contributed by atoms with Crippen molar-refractivity contribution in [3.63, 3.8) is 0 Å². The maximum absolute atomic E-state index is 15.2. The summed E-state index contributed by atoms with van der Waals surface area (Å²) in [6.45, 7) is 6.56. The van der Waals surface area contributed by atoms with E-state index in [4.69, 9.17) is 32.7 Å². The lowest BCUT2D eigenvalue weighted by atomic mass is 10.1. The van der Waals surface area contributed by atoms with Gasteiger partial charge in [0.15, 0.2) is 11.6 Å². The molecule has 1 aromatic heterocycles. The SMILES string of the molecule is Cc1nnc(C)n1-c1ccc(OC2c3cc(Cl)cc(Cl)c3CC2N2CCOCC2)c(F)c1. The van der Waals surface area contributed by atoms with Crippen LogP contribution in [-0.4, -0.2) is 52.0 Å². The number of aryl methyl sites for hydroxylation is 2. The molecule has 1 fully saturated rings. The molecular weight excluding hydrogens is 454 g/mol. The lowest BCUT2D eigenvalue weighted by Crippen LogP contribution is -2.46. The number of halogens is 3. The summed E-state index contributed by atoms with van der Waals surface area (Å²) in [5.41, 5.74) is 2.57. The van der Waals surface area contributed by atoms with Crippen molar-refractivity contribution < 1.29 is 13.9 Å². The molecule has 2 aromatic carbocycles. The van der Waals surface area contributed by atoms with Crippen molar-refractivity contribution in [2.75, 3.05) is 26.3 Å². The Labute approximate surface area is 195 Å². The number of fused-ring (bicyclic) bond motifs is 1. The largest absolute Gasteiger partial charge is 0.481 e. The molecule has 32 heavy (non-hydrogen) atoms. The first-order chi connectivity index (χ1) is 15.4. The molecule has 2 unspecified atom stereocenters. The summed E-state index contributed by atoms with van der Waals surface area (Å²) in [6, 6.07) is 8.56. The van der Waals surface area contributed by atoms with Crippen LogP contribution < -0.4 is 4.74 Å². The minimum absolute atomic E-state index is 0.0197. The topological polar surface area (TPSA) is 52.4 Å². The molecule has 1 aliphatic heterocycles. The van der Waals surface area contributed by atoms with Gasteiger partial charge in [-0.25, -0.2) is 4.39 Å². The van der Waals surface area contributed by atoms with Crippen LogP contribution in [-0.2, 0) is 11.2 Å². The average Bonchev–Trinajstić information content (AvgIpc) is 3.30. The number of benzene rings is 2. The van der Waals surface area contributed by atoms with Crippen LogP contribution in [0.3, 0.4) is 0 Å². The number of nitrogens with zero attached hydrogens (tertiary/aromatic N) is 4. The van der Waals surface area contributed by atoms with Crippen LogP contribution in [0.1, 0.15) is 28.9 Å². The van der Waals surface area contributed by atoms with Gasteiger partial charge in [-0.1, -0.05) is 23.2 Å². The summed E-state index contributed by atoms with van der Waals surface area (Å²) in [5.74, 6) is 1.12. The predicted molar refractivity (Wildman–Crippen MR) is 121 cm³/mol. The maximum Gasteiger partial charge on any atom is 0.167 e. The van der Waals surface area contributed by atoms with E-state index in [1.54, 1.807) is 16.7 Å². The third-order valence-electron chi connectivity index (χ3n) is 6.19. The van der Waals surface area contributed by atoms with E-state index in [1.165, 1.54) is 6.07 Å². The number of ether oxygens (including phenoxy) is 2. The fourth-order valence-electron chi connectivity index (χ4n) is 4.69. The molecule has 2 heterocycles. The summed E-state index contributed by atoms with van der Waals surface area (Å²) in [6.07, 6.45) is 0.326. The van der Waals surface area contributed by atoms with Gasteiger partial charge < -0.3 is 9.47 Å². The summed E-state index contributed by atoms with van der Waals surface area (Å²) < 4.78 is 28.8. The second kappa shape index (κ2) is 8.63. The van der Waals surface area contributed by atoms with Gasteiger partial charge in [-0.2, -0.15) is 0 Å². The zero-order chi connectivity index (χ0) is 22.4. The van der Waals surface area contributed by atoms with E-state index in [0.29, 0.717) is 40.6 Å². The highest BCUT2D eigenvalue weighted by molar-refractivity contribution is 6.35. The number of rotatable bonds is 4. The fraction of sp³-hybridized carbons (Fsp3) is 0.391. The highest BCUT2D eigenvalue weighted by Gasteiger charge is 2.40. The standard InChI is InChI=1S/C23H23Cl2FN4O2/c1-13-27-28-14(2)30(13)16-3-4-22(20(26)11-16)32-23-18-9-15(24)10-19(25)17(18)12-21(23)29-5-7-31-8-6-29/h3-4,9-11,21,23H,5-8,12H2,1-2H3. The Kier molecular flexibility index (Phi) is 5.84. The molecular formula is C23H23Cl2FN4O2. The number of morpholine rings is 1. The van der Waals surface area contributed by atoms with E-state index in [0.717, 1.165) is 30.6 Å². The summed E-state index contributed by atoms with van der Waals surface area (Å²) >= 11 is 12.8. The Morgan fingerprint density at radius 3 is 2.47 bits per heavy atom. The summed E-state index contributed by atoms with van der Waals surface area (Å²) in [5, 5.41) is 9.26. The number of aromatic nitrogens is 3. The molecule has 2 atom stereocenters.